The van der Waals surface area contributed by atoms with Gasteiger partial charge in [-0.1, -0.05) is 25.0 Å². The van der Waals surface area contributed by atoms with Crippen LogP contribution in [0.25, 0.3) is 11.0 Å². The highest BCUT2D eigenvalue weighted by molar-refractivity contribution is 5.78. The Balaban J connectivity index is 2.46. The van der Waals surface area contributed by atoms with Gasteiger partial charge in [-0.25, -0.2) is 0 Å². The molecule has 0 aliphatic heterocycles. The van der Waals surface area contributed by atoms with Crippen molar-refractivity contribution in [1.82, 2.24) is 0 Å². The maximum absolute atomic E-state index is 10.3. The van der Waals surface area contributed by atoms with Crippen molar-refractivity contribution in [2.45, 2.75) is 39.2 Å². The third kappa shape index (κ3) is 1.98. The Kier molecular flexibility index (Phi) is 2.76. The zero-order valence-electron chi connectivity index (χ0n) is 10.1. The molecule has 1 atom stereocenters. The summed E-state index contributed by atoms with van der Waals surface area (Å²) in [6.07, 6.45) is 1.65. The SMILES string of the molecule is CCCC(C)(O)c1cc2cc(C)ccc2o1. The molecule has 2 nitrogen and oxygen atoms in total. The second-order valence-electron chi connectivity index (χ2n) is 4.68. The number of aliphatic hydroxyl groups is 1. The first-order valence-corrected chi connectivity index (χ1v) is 5.76. The largest absolute Gasteiger partial charge is 0.458 e. The first-order chi connectivity index (χ1) is 7.53. The van der Waals surface area contributed by atoms with Crippen molar-refractivity contribution in [1.29, 1.82) is 0 Å². The van der Waals surface area contributed by atoms with Crippen molar-refractivity contribution in [2.24, 2.45) is 0 Å². The van der Waals surface area contributed by atoms with Gasteiger partial charge in [0, 0.05) is 5.39 Å². The molecule has 2 rings (SSSR count). The molecule has 16 heavy (non-hydrogen) atoms. The molecule has 1 N–H and O–H groups in total. The van der Waals surface area contributed by atoms with Gasteiger partial charge in [-0.2, -0.15) is 0 Å². The average molecular weight is 218 g/mol. The topological polar surface area (TPSA) is 33.4 Å². The fourth-order valence-corrected chi connectivity index (χ4v) is 2.04. The van der Waals surface area contributed by atoms with E-state index in [2.05, 4.69) is 19.9 Å². The summed E-state index contributed by atoms with van der Waals surface area (Å²) in [6.45, 7) is 5.92. The summed E-state index contributed by atoms with van der Waals surface area (Å²) in [4.78, 5) is 0. The summed E-state index contributed by atoms with van der Waals surface area (Å²) in [5.74, 6) is 0.662. The van der Waals surface area contributed by atoms with Crippen LogP contribution in [-0.4, -0.2) is 5.11 Å². The standard InChI is InChI=1S/C14H18O2/c1-4-7-14(3,15)13-9-11-8-10(2)5-6-12(11)16-13/h5-6,8-9,15H,4,7H2,1-3H3. The maximum atomic E-state index is 10.3. The van der Waals surface area contributed by atoms with Crippen molar-refractivity contribution in [2.75, 3.05) is 0 Å². The highest BCUT2D eigenvalue weighted by Crippen LogP contribution is 2.31. The van der Waals surface area contributed by atoms with E-state index in [4.69, 9.17) is 4.42 Å². The minimum absolute atomic E-state index is 0.662. The zero-order chi connectivity index (χ0) is 11.8. The van der Waals surface area contributed by atoms with E-state index in [0.717, 1.165) is 17.4 Å². The van der Waals surface area contributed by atoms with Crippen molar-refractivity contribution >= 4 is 11.0 Å². The van der Waals surface area contributed by atoms with Gasteiger partial charge in [-0.05, 0) is 38.5 Å². The fourth-order valence-electron chi connectivity index (χ4n) is 2.04. The third-order valence-corrected chi connectivity index (χ3v) is 2.94. The number of aryl methyl sites for hydroxylation is 1. The van der Waals surface area contributed by atoms with Crippen LogP contribution in [0.5, 0.6) is 0 Å². The number of hydrogen-bond donors (Lipinski definition) is 1. The van der Waals surface area contributed by atoms with Gasteiger partial charge in [-0.15, -0.1) is 0 Å². The Morgan fingerprint density at radius 3 is 2.75 bits per heavy atom. The van der Waals surface area contributed by atoms with E-state index in [1.165, 1.54) is 5.56 Å². The summed E-state index contributed by atoms with van der Waals surface area (Å²) in [5, 5.41) is 11.3. The van der Waals surface area contributed by atoms with Crippen molar-refractivity contribution in [3.63, 3.8) is 0 Å². The first-order valence-electron chi connectivity index (χ1n) is 5.76. The molecule has 1 unspecified atom stereocenters. The lowest BCUT2D eigenvalue weighted by Crippen LogP contribution is -2.19. The van der Waals surface area contributed by atoms with Crippen LogP contribution in [0.15, 0.2) is 28.7 Å². The van der Waals surface area contributed by atoms with E-state index in [-0.39, 0.29) is 0 Å². The van der Waals surface area contributed by atoms with Crippen LogP contribution in [0.1, 0.15) is 38.0 Å². The van der Waals surface area contributed by atoms with Gasteiger partial charge in [0.2, 0.25) is 0 Å². The highest BCUT2D eigenvalue weighted by atomic mass is 16.4. The van der Waals surface area contributed by atoms with Gasteiger partial charge in [0.15, 0.2) is 0 Å². The first kappa shape index (κ1) is 11.2. The van der Waals surface area contributed by atoms with Gasteiger partial charge in [0.1, 0.15) is 16.9 Å². The molecule has 2 aromatic rings. The molecule has 0 saturated heterocycles. The molecule has 0 aliphatic carbocycles. The van der Waals surface area contributed by atoms with Crippen molar-refractivity contribution < 1.29 is 9.52 Å². The molecule has 0 spiro atoms. The molecule has 0 bridgehead atoms. The Morgan fingerprint density at radius 2 is 2.06 bits per heavy atom. The van der Waals surface area contributed by atoms with Crippen LogP contribution in [0, 0.1) is 6.92 Å². The van der Waals surface area contributed by atoms with Gasteiger partial charge < -0.3 is 9.52 Å². The van der Waals surface area contributed by atoms with Gasteiger partial charge in [-0.3, -0.25) is 0 Å². The lowest BCUT2D eigenvalue weighted by molar-refractivity contribution is 0.0261. The third-order valence-electron chi connectivity index (χ3n) is 2.94. The molecular formula is C14H18O2. The van der Waals surface area contributed by atoms with Gasteiger partial charge >= 0.3 is 0 Å². The summed E-state index contributed by atoms with van der Waals surface area (Å²) in [6, 6.07) is 7.99. The minimum Gasteiger partial charge on any atom is -0.458 e. The Hall–Kier alpha value is -1.28. The van der Waals surface area contributed by atoms with E-state index in [1.807, 2.05) is 18.2 Å². The van der Waals surface area contributed by atoms with E-state index < -0.39 is 5.60 Å². The second-order valence-corrected chi connectivity index (χ2v) is 4.68. The zero-order valence-corrected chi connectivity index (χ0v) is 10.1. The molecule has 1 aromatic heterocycles. The van der Waals surface area contributed by atoms with Crippen LogP contribution in [-0.2, 0) is 5.60 Å². The van der Waals surface area contributed by atoms with E-state index in [9.17, 15) is 5.11 Å². The minimum atomic E-state index is -0.859. The number of fused-ring (bicyclic) bond motifs is 1. The van der Waals surface area contributed by atoms with Crippen LogP contribution < -0.4 is 0 Å². The summed E-state index contributed by atoms with van der Waals surface area (Å²) < 4.78 is 5.69. The van der Waals surface area contributed by atoms with E-state index in [1.54, 1.807) is 6.92 Å². The smallest absolute Gasteiger partial charge is 0.136 e. The predicted octanol–water partition coefficient (Wildman–Crippen LogP) is 3.75. The fraction of sp³-hybridized carbons (Fsp3) is 0.429. The molecular weight excluding hydrogens is 200 g/mol. The Bertz CT molecular complexity index is 494. The quantitative estimate of drug-likeness (QED) is 0.851. The van der Waals surface area contributed by atoms with Crippen LogP contribution in [0.4, 0.5) is 0 Å². The van der Waals surface area contributed by atoms with Crippen molar-refractivity contribution in [3.8, 4) is 0 Å². The maximum Gasteiger partial charge on any atom is 0.136 e. The van der Waals surface area contributed by atoms with E-state index in [0.29, 0.717) is 12.2 Å². The van der Waals surface area contributed by atoms with Crippen LogP contribution >= 0.6 is 0 Å². The highest BCUT2D eigenvalue weighted by Gasteiger charge is 2.26. The molecule has 86 valence electrons. The lowest BCUT2D eigenvalue weighted by atomic mass is 9.97. The molecule has 0 amide bonds. The lowest BCUT2D eigenvalue weighted by Gasteiger charge is -2.19. The second kappa shape index (κ2) is 3.95. The summed E-state index contributed by atoms with van der Waals surface area (Å²) in [7, 11) is 0. The van der Waals surface area contributed by atoms with Gasteiger partial charge in [0.25, 0.3) is 0 Å². The normalized spacial score (nSPS) is 15.2. The Labute approximate surface area is 95.9 Å². The number of rotatable bonds is 3. The average Bonchev–Trinajstić information content (AvgIpc) is 2.61. The van der Waals surface area contributed by atoms with Crippen LogP contribution in [0.2, 0.25) is 0 Å². The summed E-state index contributed by atoms with van der Waals surface area (Å²) in [5.41, 5.74) is 1.19. The molecule has 1 aromatic carbocycles. The molecule has 0 saturated carbocycles. The number of benzene rings is 1. The van der Waals surface area contributed by atoms with E-state index >= 15 is 0 Å². The molecule has 0 fully saturated rings. The monoisotopic (exact) mass is 218 g/mol. The number of furan rings is 1. The number of hydrogen-bond acceptors (Lipinski definition) is 2. The molecule has 0 radical (unpaired) electrons. The van der Waals surface area contributed by atoms with Crippen molar-refractivity contribution in [3.05, 3.63) is 35.6 Å². The molecule has 1 heterocycles. The molecule has 0 aliphatic rings. The summed E-state index contributed by atoms with van der Waals surface area (Å²) >= 11 is 0. The Morgan fingerprint density at radius 1 is 1.31 bits per heavy atom. The predicted molar refractivity (Wildman–Crippen MR) is 65.4 cm³/mol. The molecule has 2 heteroatoms. The van der Waals surface area contributed by atoms with Crippen LogP contribution in [0.3, 0.4) is 0 Å². The van der Waals surface area contributed by atoms with Gasteiger partial charge in [0.05, 0.1) is 0 Å².